The Bertz CT molecular complexity index is 1600. The molecule has 4 aromatic rings. The summed E-state index contributed by atoms with van der Waals surface area (Å²) in [6, 6.07) is 10.6. The number of rotatable bonds is 11. The molecule has 2 fully saturated rings. The maximum absolute atomic E-state index is 13.3. The number of sulfonamides is 1. The van der Waals surface area contributed by atoms with Gasteiger partial charge in [-0.2, -0.15) is 0 Å². The molecular weight excluding hydrogens is 572 g/mol. The molecule has 0 saturated carbocycles. The zero-order chi connectivity index (χ0) is 29.1. The van der Waals surface area contributed by atoms with Crippen LogP contribution in [-0.2, 0) is 23.0 Å². The minimum atomic E-state index is -3.21. The van der Waals surface area contributed by atoms with Gasteiger partial charge in [0, 0.05) is 30.2 Å². The lowest BCUT2D eigenvalue weighted by atomic mass is 9.91. The van der Waals surface area contributed by atoms with E-state index in [2.05, 4.69) is 39.9 Å². The van der Waals surface area contributed by atoms with Crippen LogP contribution in [0.4, 0.5) is 10.2 Å². The van der Waals surface area contributed by atoms with Gasteiger partial charge >= 0.3 is 0 Å². The quantitative estimate of drug-likeness (QED) is 0.232. The van der Waals surface area contributed by atoms with Crippen molar-refractivity contribution in [3.8, 4) is 11.3 Å². The second kappa shape index (κ2) is 12.8. The van der Waals surface area contributed by atoms with Crippen LogP contribution in [0.1, 0.15) is 61.2 Å². The van der Waals surface area contributed by atoms with Gasteiger partial charge in [0.2, 0.25) is 10.0 Å². The molecule has 11 heteroatoms. The fourth-order valence-corrected chi connectivity index (χ4v) is 8.43. The van der Waals surface area contributed by atoms with E-state index in [9.17, 15) is 12.8 Å². The highest BCUT2D eigenvalue weighted by molar-refractivity contribution is 7.89. The first-order valence-corrected chi connectivity index (χ1v) is 17.5. The number of likely N-dealkylation sites (tertiary alicyclic amines) is 1. The molecule has 3 aromatic heterocycles. The van der Waals surface area contributed by atoms with Crippen LogP contribution in [0, 0.1) is 5.82 Å². The van der Waals surface area contributed by atoms with E-state index in [4.69, 9.17) is 9.97 Å². The number of piperidine rings is 1. The Hall–Kier alpha value is -2.86. The number of hydrogen-bond donors (Lipinski definition) is 1. The van der Waals surface area contributed by atoms with Gasteiger partial charge in [-0.25, -0.2) is 27.1 Å². The van der Waals surface area contributed by atoms with Gasteiger partial charge in [0.1, 0.15) is 22.3 Å². The fourth-order valence-electron chi connectivity index (χ4n) is 6.16. The van der Waals surface area contributed by atoms with Crippen molar-refractivity contribution in [2.45, 2.75) is 57.9 Å². The van der Waals surface area contributed by atoms with Gasteiger partial charge in [-0.3, -0.25) is 4.40 Å². The standard InChI is InChI=1S/C31H39FN6O2S2/c1-2-27-31(33-20-30-35-28(22-41-30)24-6-9-26(32)10-7-24)38-21-25(8-11-29(38)34-27)23-12-17-37(18-13-23)42(39,40)19-5-16-36-14-3-4-15-36/h6-11,21-23,33H,2-5,12-20H2,1H3. The predicted molar refractivity (Wildman–Crippen MR) is 167 cm³/mol. The smallest absolute Gasteiger partial charge is 0.214 e. The lowest BCUT2D eigenvalue weighted by molar-refractivity contribution is 0.314. The molecule has 1 aromatic carbocycles. The van der Waals surface area contributed by atoms with Crippen LogP contribution in [0.2, 0.25) is 0 Å². The van der Waals surface area contributed by atoms with Gasteiger partial charge < -0.3 is 10.2 Å². The molecule has 0 radical (unpaired) electrons. The summed E-state index contributed by atoms with van der Waals surface area (Å²) in [6.45, 7) is 6.90. The monoisotopic (exact) mass is 610 g/mol. The summed E-state index contributed by atoms with van der Waals surface area (Å²) in [5, 5.41) is 6.51. The number of anilines is 1. The largest absolute Gasteiger partial charge is 0.363 e. The maximum Gasteiger partial charge on any atom is 0.214 e. The van der Waals surface area contributed by atoms with E-state index in [0.717, 1.165) is 72.3 Å². The summed E-state index contributed by atoms with van der Waals surface area (Å²) in [6.07, 6.45) is 7.78. The third-order valence-corrected chi connectivity index (χ3v) is 11.3. The lowest BCUT2D eigenvalue weighted by Crippen LogP contribution is -2.39. The average Bonchev–Trinajstić information content (AvgIpc) is 3.76. The van der Waals surface area contributed by atoms with Crippen molar-refractivity contribution in [2.75, 3.05) is 43.8 Å². The van der Waals surface area contributed by atoms with Crippen molar-refractivity contribution in [3.05, 3.63) is 70.1 Å². The topological polar surface area (TPSA) is 82.8 Å². The van der Waals surface area contributed by atoms with Crippen molar-refractivity contribution in [1.82, 2.24) is 23.6 Å². The van der Waals surface area contributed by atoms with Gasteiger partial charge in [-0.05, 0) is 100.0 Å². The van der Waals surface area contributed by atoms with E-state index >= 15 is 0 Å². The molecule has 8 nitrogen and oxygen atoms in total. The predicted octanol–water partition coefficient (Wildman–Crippen LogP) is 5.77. The number of aromatic nitrogens is 3. The minimum absolute atomic E-state index is 0.245. The molecule has 0 atom stereocenters. The second-order valence-electron chi connectivity index (χ2n) is 11.3. The van der Waals surface area contributed by atoms with Gasteiger partial charge in [0.25, 0.3) is 0 Å². The van der Waals surface area contributed by atoms with Crippen LogP contribution < -0.4 is 5.32 Å². The van der Waals surface area contributed by atoms with Crippen molar-refractivity contribution >= 4 is 32.8 Å². The zero-order valence-electron chi connectivity index (χ0n) is 24.1. The Kier molecular flexibility index (Phi) is 8.90. The van der Waals surface area contributed by atoms with Crippen LogP contribution in [0.3, 0.4) is 0 Å². The normalized spacial score (nSPS) is 17.4. The average molecular weight is 611 g/mol. The molecule has 6 rings (SSSR count). The molecule has 224 valence electrons. The molecule has 0 amide bonds. The molecule has 5 heterocycles. The number of thiazole rings is 1. The molecule has 0 unspecified atom stereocenters. The number of nitrogens with one attached hydrogen (secondary N) is 1. The van der Waals surface area contributed by atoms with Crippen molar-refractivity contribution in [2.24, 2.45) is 0 Å². The van der Waals surface area contributed by atoms with E-state index in [1.165, 1.54) is 30.5 Å². The number of pyridine rings is 1. The fraction of sp³-hybridized carbons (Fsp3) is 0.484. The van der Waals surface area contributed by atoms with Crippen LogP contribution in [0.15, 0.2) is 48.0 Å². The molecule has 42 heavy (non-hydrogen) atoms. The van der Waals surface area contributed by atoms with E-state index in [1.54, 1.807) is 27.8 Å². The Morgan fingerprint density at radius 1 is 1.02 bits per heavy atom. The Labute approximate surface area is 251 Å². The summed E-state index contributed by atoms with van der Waals surface area (Å²) >= 11 is 1.58. The van der Waals surface area contributed by atoms with Crippen LogP contribution in [0.5, 0.6) is 0 Å². The number of benzene rings is 1. The number of hydrogen-bond acceptors (Lipinski definition) is 7. The van der Waals surface area contributed by atoms with E-state index in [-0.39, 0.29) is 11.6 Å². The Morgan fingerprint density at radius 3 is 2.52 bits per heavy atom. The van der Waals surface area contributed by atoms with E-state index < -0.39 is 10.0 Å². The summed E-state index contributed by atoms with van der Waals surface area (Å²) < 4.78 is 43.2. The van der Waals surface area contributed by atoms with Crippen molar-refractivity contribution in [3.63, 3.8) is 0 Å². The third kappa shape index (κ3) is 6.54. The second-order valence-corrected chi connectivity index (χ2v) is 14.4. The lowest BCUT2D eigenvalue weighted by Gasteiger charge is -2.31. The zero-order valence-corrected chi connectivity index (χ0v) is 25.8. The number of fused-ring (bicyclic) bond motifs is 1. The van der Waals surface area contributed by atoms with E-state index in [0.29, 0.717) is 32.0 Å². The minimum Gasteiger partial charge on any atom is -0.363 e. The van der Waals surface area contributed by atoms with Gasteiger partial charge in [0.15, 0.2) is 0 Å². The van der Waals surface area contributed by atoms with Crippen molar-refractivity contribution in [1.29, 1.82) is 0 Å². The number of nitrogens with zero attached hydrogens (tertiary/aromatic N) is 5. The first-order valence-electron chi connectivity index (χ1n) is 15.0. The summed E-state index contributed by atoms with van der Waals surface area (Å²) in [5.41, 5.74) is 4.84. The molecule has 2 aliphatic heterocycles. The van der Waals surface area contributed by atoms with Gasteiger partial charge in [-0.15, -0.1) is 11.3 Å². The summed E-state index contributed by atoms with van der Waals surface area (Å²) in [4.78, 5) is 12.0. The van der Waals surface area contributed by atoms with E-state index in [1.807, 2.05) is 5.38 Å². The number of imidazole rings is 1. The maximum atomic E-state index is 13.3. The van der Waals surface area contributed by atoms with Crippen LogP contribution >= 0.6 is 11.3 Å². The molecular formula is C31H39FN6O2S2. The highest BCUT2D eigenvalue weighted by Crippen LogP contribution is 2.31. The highest BCUT2D eigenvalue weighted by Gasteiger charge is 2.29. The Morgan fingerprint density at radius 2 is 1.79 bits per heavy atom. The highest BCUT2D eigenvalue weighted by atomic mass is 32.2. The first kappa shape index (κ1) is 29.2. The first-order chi connectivity index (χ1) is 20.4. The summed E-state index contributed by atoms with van der Waals surface area (Å²) in [7, 11) is -3.21. The molecule has 2 saturated heterocycles. The third-order valence-electron chi connectivity index (χ3n) is 8.54. The van der Waals surface area contributed by atoms with Gasteiger partial charge in [-0.1, -0.05) is 13.0 Å². The number of aryl methyl sites for hydroxylation is 1. The number of halogens is 1. The SMILES string of the molecule is CCc1nc2ccc(C3CCN(S(=O)(=O)CCCN4CCCC4)CC3)cn2c1NCc1nc(-c2ccc(F)cc2)cs1. The summed E-state index contributed by atoms with van der Waals surface area (Å²) in [5.74, 6) is 1.26. The van der Waals surface area contributed by atoms with Crippen LogP contribution in [0.25, 0.3) is 16.9 Å². The molecule has 0 spiro atoms. The molecule has 2 aliphatic rings. The van der Waals surface area contributed by atoms with Crippen molar-refractivity contribution < 1.29 is 12.8 Å². The molecule has 0 bridgehead atoms. The van der Waals surface area contributed by atoms with Gasteiger partial charge in [0.05, 0.1) is 23.7 Å². The molecule has 0 aliphatic carbocycles. The van der Waals surface area contributed by atoms with Crippen LogP contribution in [-0.4, -0.2) is 70.5 Å². The molecule has 1 N–H and O–H groups in total. The Balaban J connectivity index is 1.10.